The minimum Gasteiger partial charge on any atom is -0.389 e. The third-order valence-corrected chi connectivity index (χ3v) is 12.1. The molecule has 0 spiro atoms. The largest absolute Gasteiger partial charge is 0.389 e. The topological polar surface area (TPSA) is 40.5 Å². The monoisotopic (exact) mass is 692 g/mol. The molecular weight excluding hydrogens is 657 g/mol. The predicted molar refractivity (Wildman–Crippen MR) is 223 cm³/mol. The van der Waals surface area contributed by atoms with Crippen LogP contribution in [0.3, 0.4) is 0 Å². The van der Waals surface area contributed by atoms with Gasteiger partial charge >= 0.3 is 0 Å². The van der Waals surface area contributed by atoms with Crippen LogP contribution in [0.5, 0.6) is 0 Å². The van der Waals surface area contributed by atoms with Crippen molar-refractivity contribution in [1.29, 1.82) is 0 Å². The molecule has 0 heterocycles. The second-order valence-corrected chi connectivity index (χ2v) is 14.8. The summed E-state index contributed by atoms with van der Waals surface area (Å²) in [6, 6.07) is 65.0. The fourth-order valence-electron chi connectivity index (χ4n) is 9.99. The van der Waals surface area contributed by atoms with Gasteiger partial charge < -0.3 is 10.2 Å². The van der Waals surface area contributed by atoms with Gasteiger partial charge in [0.1, 0.15) is 0 Å². The highest BCUT2D eigenvalue weighted by atomic mass is 16.3. The molecule has 9 aromatic carbocycles. The van der Waals surface area contributed by atoms with Crippen LogP contribution in [-0.2, 0) is 0 Å². The molecule has 0 aromatic heterocycles. The molecule has 2 N–H and O–H groups in total. The highest BCUT2D eigenvalue weighted by Gasteiger charge is 2.51. The van der Waals surface area contributed by atoms with E-state index in [-0.39, 0.29) is 0 Å². The van der Waals surface area contributed by atoms with E-state index in [0.717, 1.165) is 66.4 Å². The lowest BCUT2D eigenvalue weighted by Crippen LogP contribution is -2.47. The van der Waals surface area contributed by atoms with Crippen LogP contribution in [0.4, 0.5) is 0 Å². The van der Waals surface area contributed by atoms with Crippen molar-refractivity contribution in [3.63, 3.8) is 0 Å². The van der Waals surface area contributed by atoms with Crippen molar-refractivity contribution in [3.05, 3.63) is 204 Å². The van der Waals surface area contributed by atoms with Crippen molar-refractivity contribution in [2.45, 2.75) is 24.0 Å². The van der Waals surface area contributed by atoms with Gasteiger partial charge in [-0.05, 0) is 99.1 Å². The van der Waals surface area contributed by atoms with E-state index >= 15 is 0 Å². The molecule has 4 atom stereocenters. The zero-order chi connectivity index (χ0) is 35.9. The summed E-state index contributed by atoms with van der Waals surface area (Å²) in [5, 5.41) is 31.5. The van der Waals surface area contributed by atoms with Crippen molar-refractivity contribution in [3.8, 4) is 44.5 Å². The minimum absolute atomic E-state index is 0.426. The summed E-state index contributed by atoms with van der Waals surface area (Å²) in [5.41, 5.74) is 13.6. The Kier molecular flexibility index (Phi) is 7.00. The van der Waals surface area contributed by atoms with Gasteiger partial charge in [0.05, 0.1) is 12.2 Å². The first-order valence-corrected chi connectivity index (χ1v) is 18.9. The molecule has 4 unspecified atom stereocenters. The second kappa shape index (κ2) is 12.1. The summed E-state index contributed by atoms with van der Waals surface area (Å²) in [4.78, 5) is 0. The molecule has 2 heteroatoms. The Morgan fingerprint density at radius 3 is 1.07 bits per heavy atom. The van der Waals surface area contributed by atoms with E-state index in [1.807, 2.05) is 0 Å². The first-order valence-electron chi connectivity index (χ1n) is 18.9. The Morgan fingerprint density at radius 2 is 0.648 bits per heavy atom. The van der Waals surface area contributed by atoms with E-state index in [4.69, 9.17) is 0 Å². The van der Waals surface area contributed by atoms with Crippen molar-refractivity contribution < 1.29 is 10.2 Å². The number of hydrogen-bond acceptors (Lipinski definition) is 2. The van der Waals surface area contributed by atoms with Gasteiger partial charge in [-0.2, -0.15) is 0 Å². The lowest BCUT2D eigenvalue weighted by atomic mass is 9.57. The van der Waals surface area contributed by atoms with Gasteiger partial charge in [-0.25, -0.2) is 0 Å². The Labute approximate surface area is 314 Å². The molecular formula is C52H36O2. The molecule has 9 aromatic rings. The fraction of sp³-hybridized carbons (Fsp3) is 0.0769. The maximum Gasteiger partial charge on any atom is 0.0917 e. The lowest BCUT2D eigenvalue weighted by molar-refractivity contribution is -0.0150. The third-order valence-electron chi connectivity index (χ3n) is 12.1. The van der Waals surface area contributed by atoms with E-state index in [1.165, 1.54) is 32.7 Å². The molecule has 3 aliphatic rings. The zero-order valence-electron chi connectivity index (χ0n) is 29.5. The summed E-state index contributed by atoms with van der Waals surface area (Å²) in [6.07, 6.45) is -1.92. The Bertz CT molecular complexity index is 2730. The van der Waals surface area contributed by atoms with Gasteiger partial charge in [0.15, 0.2) is 0 Å². The molecule has 0 radical (unpaired) electrons. The average Bonchev–Trinajstić information content (AvgIpc) is 3.24. The van der Waals surface area contributed by atoms with Crippen molar-refractivity contribution in [2.75, 3.05) is 0 Å². The fourth-order valence-corrected chi connectivity index (χ4v) is 9.99. The van der Waals surface area contributed by atoms with E-state index in [9.17, 15) is 10.2 Å². The highest BCUT2D eigenvalue weighted by molar-refractivity contribution is 6.17. The van der Waals surface area contributed by atoms with Gasteiger partial charge in [-0.1, -0.05) is 182 Å². The third kappa shape index (κ3) is 4.42. The number of fused-ring (bicyclic) bond motifs is 4. The second-order valence-electron chi connectivity index (χ2n) is 14.8. The minimum atomic E-state index is -0.962. The van der Waals surface area contributed by atoms with Gasteiger partial charge in [-0.15, -0.1) is 0 Å². The molecule has 2 bridgehead atoms. The number of benzene rings is 9. The van der Waals surface area contributed by atoms with E-state index in [0.29, 0.717) is 0 Å². The normalized spacial score (nSPS) is 18.6. The number of rotatable bonds is 4. The van der Waals surface area contributed by atoms with Crippen molar-refractivity contribution >= 4 is 32.3 Å². The first-order chi connectivity index (χ1) is 26.7. The van der Waals surface area contributed by atoms with Crippen molar-refractivity contribution in [1.82, 2.24) is 0 Å². The summed E-state index contributed by atoms with van der Waals surface area (Å²) in [6.45, 7) is 0. The van der Waals surface area contributed by atoms with Gasteiger partial charge in [0.2, 0.25) is 0 Å². The average molecular weight is 693 g/mol. The van der Waals surface area contributed by atoms with Crippen LogP contribution < -0.4 is 0 Å². The molecule has 0 saturated carbocycles. The van der Waals surface area contributed by atoms with Crippen LogP contribution >= 0.6 is 0 Å². The van der Waals surface area contributed by atoms with Crippen LogP contribution in [-0.4, -0.2) is 22.4 Å². The summed E-state index contributed by atoms with van der Waals surface area (Å²) >= 11 is 0. The number of aliphatic hydroxyl groups is 2. The molecule has 12 rings (SSSR count). The van der Waals surface area contributed by atoms with Crippen LogP contribution in [0.2, 0.25) is 0 Å². The number of hydrogen-bond donors (Lipinski definition) is 2. The van der Waals surface area contributed by atoms with Crippen LogP contribution in [0.25, 0.3) is 76.8 Å². The van der Waals surface area contributed by atoms with Crippen LogP contribution in [0.15, 0.2) is 182 Å². The van der Waals surface area contributed by atoms with Crippen LogP contribution in [0, 0.1) is 0 Å². The predicted octanol–water partition coefficient (Wildman–Crippen LogP) is 12.1. The van der Waals surface area contributed by atoms with Gasteiger partial charge in [0.25, 0.3) is 0 Å². The van der Waals surface area contributed by atoms with E-state index in [1.54, 1.807) is 0 Å². The van der Waals surface area contributed by atoms with Crippen molar-refractivity contribution in [2.24, 2.45) is 0 Å². The summed E-state index contributed by atoms with van der Waals surface area (Å²) < 4.78 is 0. The molecule has 256 valence electrons. The maximum atomic E-state index is 12.2. The smallest absolute Gasteiger partial charge is 0.0917 e. The first kappa shape index (κ1) is 31.2. The quantitative estimate of drug-likeness (QED) is 0.193. The van der Waals surface area contributed by atoms with E-state index in [2.05, 4.69) is 182 Å². The molecule has 54 heavy (non-hydrogen) atoms. The molecule has 0 saturated heterocycles. The highest BCUT2D eigenvalue weighted by Crippen LogP contribution is 2.61. The van der Waals surface area contributed by atoms with Crippen LogP contribution in [0.1, 0.15) is 34.1 Å². The Balaban J connectivity index is 1.36. The molecule has 3 aliphatic carbocycles. The molecule has 0 aliphatic heterocycles. The van der Waals surface area contributed by atoms with Gasteiger partial charge in [-0.3, -0.25) is 0 Å². The Morgan fingerprint density at radius 1 is 0.296 bits per heavy atom. The molecule has 0 amide bonds. The van der Waals surface area contributed by atoms with Gasteiger partial charge in [0, 0.05) is 11.8 Å². The molecule has 2 nitrogen and oxygen atoms in total. The standard InChI is InChI=1S/C52H36O2/c53-51-47-39-25-13-14-26-40(39)48(52(51)54)50-46(42-30-28-32-16-8-10-22-36(32)44(42)34-19-5-2-6-20-34)38-24-12-11-23-37(38)45(49(47)50)41-29-27-31-15-7-9-21-35(31)43(41)33-17-3-1-4-18-33/h1-30,47-48,51-54H. The zero-order valence-corrected chi connectivity index (χ0v) is 29.5. The summed E-state index contributed by atoms with van der Waals surface area (Å²) in [7, 11) is 0. The summed E-state index contributed by atoms with van der Waals surface area (Å²) in [5.74, 6) is -0.851. The SMILES string of the molecule is OC1C2c3ccccc3C(c3c2c(-c2ccc4ccccc4c2-c2ccccc2)c2ccccc2c3-c2ccc3ccccc3c2-c2ccccc2)C1O. The number of aliphatic hydroxyl groups excluding tert-OH is 2. The van der Waals surface area contributed by atoms with E-state index < -0.39 is 24.0 Å². The lowest BCUT2D eigenvalue weighted by Gasteiger charge is -2.49. The maximum absolute atomic E-state index is 12.2. The molecule has 0 fully saturated rings. The Hall–Kier alpha value is -6.32.